The average molecular weight is 383 g/mol. The van der Waals surface area contributed by atoms with Crippen molar-refractivity contribution < 1.29 is 14.3 Å². The van der Waals surface area contributed by atoms with E-state index < -0.39 is 17.6 Å². The number of nitrogens with one attached hydrogen (secondary N) is 1. The Morgan fingerprint density at radius 1 is 0.828 bits per heavy atom. The van der Waals surface area contributed by atoms with E-state index in [0.717, 1.165) is 11.1 Å². The van der Waals surface area contributed by atoms with Gasteiger partial charge in [0.1, 0.15) is 0 Å². The van der Waals surface area contributed by atoms with Crippen LogP contribution in [0, 0.1) is 0 Å². The highest BCUT2D eigenvalue weighted by Gasteiger charge is 2.41. The van der Waals surface area contributed by atoms with Crippen LogP contribution in [-0.2, 0) is 14.9 Å². The molecule has 29 heavy (non-hydrogen) atoms. The Bertz CT molecular complexity index is 974. The number of hydrogen-bond acceptors (Lipinski definition) is 3. The van der Waals surface area contributed by atoms with Crippen molar-refractivity contribution >= 4 is 17.6 Å². The molecule has 1 aliphatic carbocycles. The first-order chi connectivity index (χ1) is 14.2. The summed E-state index contributed by atoms with van der Waals surface area (Å²) in [5.41, 5.74) is 2.17. The maximum atomic E-state index is 12.5. The van der Waals surface area contributed by atoms with Crippen LogP contribution in [0.4, 0.5) is 10.5 Å². The van der Waals surface area contributed by atoms with Crippen molar-refractivity contribution in [2.45, 2.75) is 17.9 Å². The molecule has 0 saturated heterocycles. The van der Waals surface area contributed by atoms with Crippen LogP contribution in [-0.4, -0.2) is 18.0 Å². The van der Waals surface area contributed by atoms with E-state index in [-0.39, 0.29) is 5.78 Å². The second kappa shape index (κ2) is 8.15. The Kier molecular flexibility index (Phi) is 5.25. The van der Waals surface area contributed by atoms with Crippen LogP contribution in [0.3, 0.4) is 0 Å². The molecule has 0 aromatic heterocycles. The summed E-state index contributed by atoms with van der Waals surface area (Å²) in [7, 11) is 0. The van der Waals surface area contributed by atoms with Gasteiger partial charge in [0.2, 0.25) is 0 Å². The molecular weight excluding hydrogens is 362 g/mol. The van der Waals surface area contributed by atoms with Crippen molar-refractivity contribution in [3.63, 3.8) is 0 Å². The molecule has 1 amide bonds. The summed E-state index contributed by atoms with van der Waals surface area (Å²) in [6.45, 7) is 0. The normalized spacial score (nSPS) is 17.5. The van der Waals surface area contributed by atoms with E-state index in [1.165, 1.54) is 6.08 Å². The van der Waals surface area contributed by atoms with Crippen LogP contribution >= 0.6 is 0 Å². The van der Waals surface area contributed by atoms with Crippen LogP contribution in [0.1, 0.15) is 17.5 Å². The quantitative estimate of drug-likeness (QED) is 0.680. The lowest BCUT2D eigenvalue weighted by Crippen LogP contribution is -2.40. The molecule has 0 heterocycles. The monoisotopic (exact) mass is 383 g/mol. The molecule has 0 radical (unpaired) electrons. The van der Waals surface area contributed by atoms with E-state index in [2.05, 4.69) is 5.32 Å². The lowest BCUT2D eigenvalue weighted by molar-refractivity contribution is -0.123. The first-order valence-electron chi connectivity index (χ1n) is 9.54. The number of carbonyl (C=O) groups excluding carboxylic acids is 2. The fraction of sp³-hybridized carbons (Fsp3) is 0.120. The summed E-state index contributed by atoms with van der Waals surface area (Å²) in [5.74, 6) is -0.212. The Morgan fingerprint density at radius 2 is 1.34 bits per heavy atom. The van der Waals surface area contributed by atoms with E-state index in [0.29, 0.717) is 12.1 Å². The highest BCUT2D eigenvalue weighted by molar-refractivity contribution is 5.97. The van der Waals surface area contributed by atoms with Gasteiger partial charge in [0.05, 0.1) is 0 Å². The van der Waals surface area contributed by atoms with Crippen molar-refractivity contribution in [1.29, 1.82) is 0 Å². The minimum absolute atomic E-state index is 0.212. The first kappa shape index (κ1) is 18.7. The molecule has 1 N–H and O–H groups in total. The van der Waals surface area contributed by atoms with Crippen LogP contribution in [0.15, 0.2) is 103 Å². The predicted molar refractivity (Wildman–Crippen MR) is 113 cm³/mol. The minimum atomic E-state index is -0.871. The minimum Gasteiger partial charge on any atom is -0.438 e. The maximum absolute atomic E-state index is 12.5. The van der Waals surface area contributed by atoms with Gasteiger partial charge in [-0.2, -0.15) is 0 Å². The topological polar surface area (TPSA) is 55.4 Å². The summed E-state index contributed by atoms with van der Waals surface area (Å²) in [4.78, 5) is 24.9. The van der Waals surface area contributed by atoms with Gasteiger partial charge >= 0.3 is 6.09 Å². The second-order valence-corrected chi connectivity index (χ2v) is 7.03. The third-order valence-corrected chi connectivity index (χ3v) is 5.20. The van der Waals surface area contributed by atoms with E-state index in [9.17, 15) is 9.59 Å². The summed E-state index contributed by atoms with van der Waals surface area (Å²) in [5, 5.41) is 2.68. The van der Waals surface area contributed by atoms with Crippen LogP contribution in [0.5, 0.6) is 0 Å². The van der Waals surface area contributed by atoms with Gasteiger partial charge in [-0.3, -0.25) is 10.1 Å². The number of ether oxygens (including phenoxy) is 1. The number of benzene rings is 3. The van der Waals surface area contributed by atoms with Gasteiger partial charge in [-0.15, -0.1) is 0 Å². The molecule has 4 rings (SSSR count). The third kappa shape index (κ3) is 3.97. The number of allylic oxidation sites excluding steroid dienone is 1. The van der Waals surface area contributed by atoms with Crippen molar-refractivity contribution in [2.75, 3.05) is 5.32 Å². The molecular formula is C25H21NO3. The number of ketones is 1. The van der Waals surface area contributed by atoms with Crippen molar-refractivity contribution in [3.8, 4) is 0 Å². The lowest BCUT2D eigenvalue weighted by Gasteiger charge is -2.37. The number of anilines is 1. The fourth-order valence-corrected chi connectivity index (χ4v) is 3.76. The molecule has 3 aromatic rings. The standard InChI is InChI=1S/C25H21NO3/c27-22-16-17-25(19-10-4-1-5-11-19,20-12-6-2-7-13-20)18-23(22)29-24(28)26-21-14-8-3-9-15-21/h1-17,23H,18H2,(H,26,28)/t23-/m1/s1. The van der Waals surface area contributed by atoms with Crippen molar-refractivity contribution in [3.05, 3.63) is 114 Å². The van der Waals surface area contributed by atoms with Crippen LogP contribution in [0.2, 0.25) is 0 Å². The molecule has 3 aromatic carbocycles. The number of carbonyl (C=O) groups is 2. The van der Waals surface area contributed by atoms with Crippen LogP contribution in [0.25, 0.3) is 0 Å². The lowest BCUT2D eigenvalue weighted by atomic mass is 9.68. The Morgan fingerprint density at radius 3 is 1.90 bits per heavy atom. The molecule has 0 saturated carbocycles. The van der Waals surface area contributed by atoms with E-state index in [1.807, 2.05) is 84.9 Å². The molecule has 0 aliphatic heterocycles. The third-order valence-electron chi connectivity index (χ3n) is 5.20. The van der Waals surface area contributed by atoms with Gasteiger partial charge in [-0.05, 0) is 29.3 Å². The van der Waals surface area contributed by atoms with Crippen LogP contribution < -0.4 is 5.32 Å². The van der Waals surface area contributed by atoms with E-state index in [4.69, 9.17) is 4.74 Å². The Labute approximate surface area is 169 Å². The maximum Gasteiger partial charge on any atom is 0.412 e. The molecule has 0 unspecified atom stereocenters. The van der Waals surface area contributed by atoms with Gasteiger partial charge in [0, 0.05) is 17.5 Å². The Balaban J connectivity index is 1.63. The Hall–Kier alpha value is -3.66. The largest absolute Gasteiger partial charge is 0.438 e. The highest BCUT2D eigenvalue weighted by Crippen LogP contribution is 2.41. The van der Waals surface area contributed by atoms with E-state index in [1.54, 1.807) is 12.1 Å². The molecule has 4 nitrogen and oxygen atoms in total. The number of rotatable bonds is 4. The first-order valence-corrected chi connectivity index (χ1v) is 9.54. The van der Waals surface area contributed by atoms with E-state index >= 15 is 0 Å². The summed E-state index contributed by atoms with van der Waals surface area (Å²) in [6.07, 6.45) is 2.29. The zero-order chi connectivity index (χ0) is 20.1. The zero-order valence-electron chi connectivity index (χ0n) is 15.8. The molecule has 0 spiro atoms. The number of amides is 1. The molecule has 1 atom stereocenters. The second-order valence-electron chi connectivity index (χ2n) is 7.03. The average Bonchev–Trinajstić information content (AvgIpc) is 2.77. The van der Waals surface area contributed by atoms with Crippen molar-refractivity contribution in [1.82, 2.24) is 0 Å². The summed E-state index contributed by atoms with van der Waals surface area (Å²) < 4.78 is 5.55. The van der Waals surface area contributed by atoms with Gasteiger partial charge in [-0.1, -0.05) is 84.9 Å². The SMILES string of the molecule is O=C(Nc1ccccc1)O[C@@H]1CC(c2ccccc2)(c2ccccc2)C=CC1=O. The van der Waals surface area contributed by atoms with Gasteiger partial charge in [0.15, 0.2) is 11.9 Å². The molecule has 0 bridgehead atoms. The van der Waals surface area contributed by atoms with Gasteiger partial charge in [-0.25, -0.2) is 4.79 Å². The van der Waals surface area contributed by atoms with Gasteiger partial charge in [0.25, 0.3) is 0 Å². The molecule has 0 fully saturated rings. The van der Waals surface area contributed by atoms with Gasteiger partial charge < -0.3 is 4.74 Å². The summed E-state index contributed by atoms with van der Waals surface area (Å²) >= 11 is 0. The highest BCUT2D eigenvalue weighted by atomic mass is 16.6. The molecule has 4 heteroatoms. The number of hydrogen-bond donors (Lipinski definition) is 1. The molecule has 1 aliphatic rings. The number of para-hydroxylation sites is 1. The zero-order valence-corrected chi connectivity index (χ0v) is 15.8. The fourth-order valence-electron chi connectivity index (χ4n) is 3.76. The smallest absolute Gasteiger partial charge is 0.412 e. The summed E-state index contributed by atoms with van der Waals surface area (Å²) in [6, 6.07) is 29.0. The molecule has 144 valence electrons. The van der Waals surface area contributed by atoms with Crippen molar-refractivity contribution in [2.24, 2.45) is 0 Å². The predicted octanol–water partition coefficient (Wildman–Crippen LogP) is 5.12.